The van der Waals surface area contributed by atoms with Crippen LogP contribution in [0, 0.1) is 0 Å². The minimum Gasteiger partial charge on any atom is -0.478 e. The SMILES string of the molecule is O=C(O)c1ccoc1C(=O)NCCn1ccnn1. The van der Waals surface area contributed by atoms with Gasteiger partial charge in [-0.15, -0.1) is 5.10 Å². The van der Waals surface area contributed by atoms with E-state index in [9.17, 15) is 9.59 Å². The summed E-state index contributed by atoms with van der Waals surface area (Å²) in [6.45, 7) is 0.733. The topological polar surface area (TPSA) is 110 Å². The Morgan fingerprint density at radius 3 is 3.00 bits per heavy atom. The highest BCUT2D eigenvalue weighted by Gasteiger charge is 2.19. The van der Waals surface area contributed by atoms with Gasteiger partial charge in [-0.2, -0.15) is 0 Å². The van der Waals surface area contributed by atoms with E-state index in [-0.39, 0.29) is 11.3 Å². The van der Waals surface area contributed by atoms with Crippen LogP contribution in [-0.2, 0) is 6.54 Å². The number of carboxylic acids is 1. The fourth-order valence-electron chi connectivity index (χ4n) is 1.37. The van der Waals surface area contributed by atoms with Gasteiger partial charge in [0.2, 0.25) is 5.76 Å². The highest BCUT2D eigenvalue weighted by molar-refractivity contribution is 6.02. The quantitative estimate of drug-likeness (QED) is 0.772. The Hall–Kier alpha value is -2.64. The van der Waals surface area contributed by atoms with Crippen molar-refractivity contribution in [3.8, 4) is 0 Å². The highest BCUT2D eigenvalue weighted by atomic mass is 16.4. The zero-order valence-corrected chi connectivity index (χ0v) is 9.24. The molecular formula is C10H10N4O4. The Labute approximate surface area is 101 Å². The second-order valence-electron chi connectivity index (χ2n) is 3.39. The van der Waals surface area contributed by atoms with E-state index in [1.807, 2.05) is 0 Å². The van der Waals surface area contributed by atoms with E-state index >= 15 is 0 Å². The molecule has 2 aromatic rings. The van der Waals surface area contributed by atoms with E-state index in [1.165, 1.54) is 12.3 Å². The first-order valence-electron chi connectivity index (χ1n) is 5.11. The van der Waals surface area contributed by atoms with E-state index in [2.05, 4.69) is 15.6 Å². The molecule has 0 bridgehead atoms. The molecule has 0 aliphatic carbocycles. The third kappa shape index (κ3) is 2.54. The molecule has 0 radical (unpaired) electrons. The van der Waals surface area contributed by atoms with Gasteiger partial charge < -0.3 is 14.8 Å². The van der Waals surface area contributed by atoms with Crippen LogP contribution in [0.3, 0.4) is 0 Å². The van der Waals surface area contributed by atoms with Crippen LogP contribution < -0.4 is 5.32 Å². The van der Waals surface area contributed by atoms with Crippen LogP contribution >= 0.6 is 0 Å². The van der Waals surface area contributed by atoms with Crippen LogP contribution in [0.1, 0.15) is 20.9 Å². The predicted molar refractivity (Wildman–Crippen MR) is 58.0 cm³/mol. The number of amides is 1. The van der Waals surface area contributed by atoms with Crippen molar-refractivity contribution in [2.75, 3.05) is 6.54 Å². The van der Waals surface area contributed by atoms with Crippen LogP contribution in [0.5, 0.6) is 0 Å². The Kier molecular flexibility index (Phi) is 3.37. The third-order valence-corrected chi connectivity index (χ3v) is 2.20. The smallest absolute Gasteiger partial charge is 0.339 e. The highest BCUT2D eigenvalue weighted by Crippen LogP contribution is 2.09. The first kappa shape index (κ1) is 11.8. The first-order chi connectivity index (χ1) is 8.68. The second-order valence-corrected chi connectivity index (χ2v) is 3.39. The van der Waals surface area contributed by atoms with Gasteiger partial charge in [0.25, 0.3) is 5.91 Å². The number of carbonyl (C=O) groups is 2. The summed E-state index contributed by atoms with van der Waals surface area (Å²) in [5, 5.41) is 18.7. The molecule has 1 amide bonds. The third-order valence-electron chi connectivity index (χ3n) is 2.20. The van der Waals surface area contributed by atoms with Gasteiger partial charge >= 0.3 is 5.97 Å². The van der Waals surface area contributed by atoms with Crippen molar-refractivity contribution in [2.45, 2.75) is 6.54 Å². The fraction of sp³-hybridized carbons (Fsp3) is 0.200. The van der Waals surface area contributed by atoms with E-state index in [0.29, 0.717) is 13.1 Å². The summed E-state index contributed by atoms with van der Waals surface area (Å²) in [6, 6.07) is 1.23. The number of carbonyl (C=O) groups excluding carboxylic acids is 1. The summed E-state index contributed by atoms with van der Waals surface area (Å²) in [7, 11) is 0. The lowest BCUT2D eigenvalue weighted by molar-refractivity contribution is 0.0688. The van der Waals surface area contributed by atoms with Crippen molar-refractivity contribution in [2.24, 2.45) is 0 Å². The number of nitrogens with one attached hydrogen (secondary N) is 1. The minimum atomic E-state index is -1.20. The van der Waals surface area contributed by atoms with Crippen LogP contribution in [0.25, 0.3) is 0 Å². The molecule has 0 saturated heterocycles. The summed E-state index contributed by atoms with van der Waals surface area (Å²) in [4.78, 5) is 22.4. The van der Waals surface area contributed by atoms with Gasteiger partial charge in [0, 0.05) is 12.7 Å². The van der Waals surface area contributed by atoms with Crippen molar-refractivity contribution >= 4 is 11.9 Å². The first-order valence-corrected chi connectivity index (χ1v) is 5.11. The van der Waals surface area contributed by atoms with Crippen molar-refractivity contribution in [1.82, 2.24) is 20.3 Å². The number of aromatic carboxylic acids is 1. The summed E-state index contributed by atoms with van der Waals surface area (Å²) >= 11 is 0. The maximum atomic E-state index is 11.6. The molecule has 0 aliphatic rings. The number of hydrogen-bond donors (Lipinski definition) is 2. The van der Waals surface area contributed by atoms with Gasteiger partial charge in [0.1, 0.15) is 5.56 Å². The molecule has 2 aromatic heterocycles. The normalized spacial score (nSPS) is 10.2. The maximum Gasteiger partial charge on any atom is 0.339 e. The van der Waals surface area contributed by atoms with Gasteiger partial charge in [-0.1, -0.05) is 5.21 Å². The largest absolute Gasteiger partial charge is 0.478 e. The van der Waals surface area contributed by atoms with Gasteiger partial charge in [0.15, 0.2) is 0 Å². The molecule has 2 rings (SSSR count). The van der Waals surface area contributed by atoms with Crippen LogP contribution in [0.15, 0.2) is 29.1 Å². The lowest BCUT2D eigenvalue weighted by Crippen LogP contribution is -2.28. The molecule has 0 saturated carbocycles. The molecule has 0 atom stereocenters. The number of aromatic nitrogens is 3. The average Bonchev–Trinajstić information content (AvgIpc) is 2.99. The molecule has 0 aromatic carbocycles. The summed E-state index contributed by atoms with van der Waals surface area (Å²) in [5.74, 6) is -1.98. The van der Waals surface area contributed by atoms with Gasteiger partial charge in [0.05, 0.1) is 19.0 Å². The number of rotatable bonds is 5. The van der Waals surface area contributed by atoms with E-state index in [4.69, 9.17) is 9.52 Å². The zero-order chi connectivity index (χ0) is 13.0. The Morgan fingerprint density at radius 2 is 2.33 bits per heavy atom. The molecule has 2 N–H and O–H groups in total. The molecule has 18 heavy (non-hydrogen) atoms. The summed E-state index contributed by atoms with van der Waals surface area (Å²) in [6.07, 6.45) is 4.34. The fourth-order valence-corrected chi connectivity index (χ4v) is 1.37. The molecular weight excluding hydrogens is 240 g/mol. The van der Waals surface area contributed by atoms with E-state index < -0.39 is 11.9 Å². The molecule has 8 heteroatoms. The molecule has 2 heterocycles. The lowest BCUT2D eigenvalue weighted by Gasteiger charge is -2.03. The van der Waals surface area contributed by atoms with Gasteiger partial charge in [-0.3, -0.25) is 9.48 Å². The van der Waals surface area contributed by atoms with Crippen LogP contribution in [0.4, 0.5) is 0 Å². The van der Waals surface area contributed by atoms with Crippen molar-refractivity contribution < 1.29 is 19.1 Å². The standard InChI is InChI=1S/C10H10N4O4/c15-9(8-7(10(16)17)1-6-18-8)11-2-4-14-5-3-12-13-14/h1,3,5-6H,2,4H2,(H,11,15)(H,16,17). The van der Waals surface area contributed by atoms with E-state index in [0.717, 1.165) is 6.26 Å². The molecule has 0 aliphatic heterocycles. The Bertz CT molecular complexity index is 546. The Balaban J connectivity index is 1.91. The Morgan fingerprint density at radius 1 is 1.50 bits per heavy atom. The van der Waals surface area contributed by atoms with Crippen LogP contribution in [-0.4, -0.2) is 38.5 Å². The zero-order valence-electron chi connectivity index (χ0n) is 9.24. The van der Waals surface area contributed by atoms with Crippen molar-refractivity contribution in [3.05, 3.63) is 36.0 Å². The number of carboxylic acid groups (broad SMARTS) is 1. The molecule has 0 spiro atoms. The monoisotopic (exact) mass is 250 g/mol. The van der Waals surface area contributed by atoms with E-state index in [1.54, 1.807) is 10.9 Å². The van der Waals surface area contributed by atoms with Gasteiger partial charge in [-0.25, -0.2) is 4.79 Å². The van der Waals surface area contributed by atoms with Crippen molar-refractivity contribution in [1.29, 1.82) is 0 Å². The maximum absolute atomic E-state index is 11.6. The van der Waals surface area contributed by atoms with Crippen LogP contribution in [0.2, 0.25) is 0 Å². The minimum absolute atomic E-state index is 0.159. The molecule has 0 unspecified atom stereocenters. The summed E-state index contributed by atoms with van der Waals surface area (Å²) in [5.41, 5.74) is -0.159. The van der Waals surface area contributed by atoms with Gasteiger partial charge in [-0.05, 0) is 6.07 Å². The number of furan rings is 1. The molecule has 8 nitrogen and oxygen atoms in total. The summed E-state index contributed by atoms with van der Waals surface area (Å²) < 4.78 is 6.39. The molecule has 94 valence electrons. The number of nitrogens with zero attached hydrogens (tertiary/aromatic N) is 3. The number of hydrogen-bond acceptors (Lipinski definition) is 5. The predicted octanol–water partition coefficient (Wildman–Crippen LogP) is -0.000700. The lowest BCUT2D eigenvalue weighted by atomic mass is 10.2. The molecule has 0 fully saturated rings. The van der Waals surface area contributed by atoms with Crippen molar-refractivity contribution in [3.63, 3.8) is 0 Å². The second kappa shape index (κ2) is 5.13. The average molecular weight is 250 g/mol.